The minimum absolute atomic E-state index is 0.293. The summed E-state index contributed by atoms with van der Waals surface area (Å²) in [5.41, 5.74) is 6.19. The second-order valence-electron chi connectivity index (χ2n) is 5.59. The maximum absolute atomic E-state index is 6.19. The molecule has 4 nitrogen and oxygen atoms in total. The summed E-state index contributed by atoms with van der Waals surface area (Å²) < 4.78 is 2.33. The van der Waals surface area contributed by atoms with Crippen LogP contribution in [0.3, 0.4) is 0 Å². The third-order valence-electron chi connectivity index (χ3n) is 4.47. The zero-order chi connectivity index (χ0) is 11.7. The molecule has 0 spiro atoms. The van der Waals surface area contributed by atoms with E-state index in [0.29, 0.717) is 18.0 Å². The SMILES string of the molecule is NC1CCCC1c1nncn1C1CCCCC1. The van der Waals surface area contributed by atoms with Crippen molar-refractivity contribution in [2.24, 2.45) is 5.73 Å². The van der Waals surface area contributed by atoms with Gasteiger partial charge in [-0.3, -0.25) is 0 Å². The molecule has 0 aromatic carbocycles. The maximum atomic E-state index is 6.19. The first-order valence-corrected chi connectivity index (χ1v) is 7.01. The zero-order valence-corrected chi connectivity index (χ0v) is 10.4. The topological polar surface area (TPSA) is 56.7 Å². The number of nitrogens with zero attached hydrogens (tertiary/aromatic N) is 3. The Hall–Kier alpha value is -0.900. The Morgan fingerprint density at radius 1 is 1.06 bits per heavy atom. The second-order valence-corrected chi connectivity index (χ2v) is 5.59. The van der Waals surface area contributed by atoms with Gasteiger partial charge in [0.05, 0.1) is 0 Å². The van der Waals surface area contributed by atoms with Gasteiger partial charge in [-0.1, -0.05) is 25.7 Å². The molecule has 2 aliphatic rings. The molecule has 2 saturated carbocycles. The smallest absolute Gasteiger partial charge is 0.137 e. The third-order valence-corrected chi connectivity index (χ3v) is 4.47. The van der Waals surface area contributed by atoms with Crippen molar-refractivity contribution in [1.82, 2.24) is 14.8 Å². The molecule has 1 heterocycles. The first-order valence-electron chi connectivity index (χ1n) is 7.01. The van der Waals surface area contributed by atoms with Crippen LogP contribution in [0.1, 0.15) is 69.2 Å². The molecule has 1 aromatic heterocycles. The quantitative estimate of drug-likeness (QED) is 0.854. The van der Waals surface area contributed by atoms with E-state index in [2.05, 4.69) is 14.8 Å². The molecule has 3 rings (SSSR count). The molecule has 0 amide bonds. The van der Waals surface area contributed by atoms with Crippen LogP contribution < -0.4 is 5.73 Å². The molecule has 2 atom stereocenters. The van der Waals surface area contributed by atoms with Gasteiger partial charge in [0.1, 0.15) is 12.2 Å². The number of nitrogens with two attached hydrogens (primary N) is 1. The lowest BCUT2D eigenvalue weighted by Crippen LogP contribution is -2.26. The number of rotatable bonds is 2. The Kier molecular flexibility index (Phi) is 3.14. The van der Waals surface area contributed by atoms with Crippen molar-refractivity contribution in [2.75, 3.05) is 0 Å². The molecule has 1 aromatic rings. The highest BCUT2D eigenvalue weighted by Gasteiger charge is 2.31. The van der Waals surface area contributed by atoms with Crippen LogP contribution in [0, 0.1) is 0 Å². The van der Waals surface area contributed by atoms with Crippen molar-refractivity contribution in [3.05, 3.63) is 12.2 Å². The highest BCUT2D eigenvalue weighted by Crippen LogP contribution is 2.36. The fourth-order valence-electron chi connectivity index (χ4n) is 3.47. The van der Waals surface area contributed by atoms with E-state index in [1.807, 2.05) is 6.33 Å². The largest absolute Gasteiger partial charge is 0.327 e. The second kappa shape index (κ2) is 4.77. The van der Waals surface area contributed by atoms with Crippen LogP contribution in [-0.2, 0) is 0 Å². The van der Waals surface area contributed by atoms with Crippen LogP contribution in [0.25, 0.3) is 0 Å². The van der Waals surface area contributed by atoms with E-state index in [-0.39, 0.29) is 0 Å². The molecule has 2 N–H and O–H groups in total. The maximum Gasteiger partial charge on any atom is 0.137 e. The van der Waals surface area contributed by atoms with Crippen molar-refractivity contribution >= 4 is 0 Å². The summed E-state index contributed by atoms with van der Waals surface area (Å²) in [6, 6.07) is 0.920. The summed E-state index contributed by atoms with van der Waals surface area (Å²) in [4.78, 5) is 0. The lowest BCUT2D eigenvalue weighted by Gasteiger charge is -2.26. The number of hydrogen-bond acceptors (Lipinski definition) is 3. The molecule has 2 unspecified atom stereocenters. The van der Waals surface area contributed by atoms with Gasteiger partial charge >= 0.3 is 0 Å². The van der Waals surface area contributed by atoms with Crippen LogP contribution in [0.4, 0.5) is 0 Å². The Balaban J connectivity index is 1.82. The van der Waals surface area contributed by atoms with Crippen LogP contribution >= 0.6 is 0 Å². The first kappa shape index (κ1) is 11.2. The Morgan fingerprint density at radius 2 is 1.88 bits per heavy atom. The molecule has 0 saturated heterocycles. The van der Waals surface area contributed by atoms with Crippen LogP contribution in [0.15, 0.2) is 6.33 Å². The molecule has 17 heavy (non-hydrogen) atoms. The molecule has 4 heteroatoms. The molecule has 94 valence electrons. The Labute approximate surface area is 103 Å². The van der Waals surface area contributed by atoms with Gasteiger partial charge in [0.25, 0.3) is 0 Å². The Morgan fingerprint density at radius 3 is 2.59 bits per heavy atom. The van der Waals surface area contributed by atoms with Crippen molar-refractivity contribution in [1.29, 1.82) is 0 Å². The highest BCUT2D eigenvalue weighted by atomic mass is 15.3. The zero-order valence-electron chi connectivity index (χ0n) is 10.4. The lowest BCUT2D eigenvalue weighted by atomic mass is 9.94. The van der Waals surface area contributed by atoms with Crippen molar-refractivity contribution in [3.63, 3.8) is 0 Å². The van der Waals surface area contributed by atoms with Crippen molar-refractivity contribution in [2.45, 2.75) is 69.4 Å². The summed E-state index contributed by atoms with van der Waals surface area (Å²) in [5, 5.41) is 8.49. The molecular formula is C13H22N4. The van der Waals surface area contributed by atoms with Gasteiger partial charge in [-0.05, 0) is 25.7 Å². The van der Waals surface area contributed by atoms with Crippen molar-refractivity contribution in [3.8, 4) is 0 Å². The van der Waals surface area contributed by atoms with Gasteiger partial charge in [-0.2, -0.15) is 0 Å². The van der Waals surface area contributed by atoms with E-state index >= 15 is 0 Å². The van der Waals surface area contributed by atoms with E-state index < -0.39 is 0 Å². The summed E-state index contributed by atoms with van der Waals surface area (Å²) in [7, 11) is 0. The highest BCUT2D eigenvalue weighted by molar-refractivity contribution is 5.06. The summed E-state index contributed by atoms with van der Waals surface area (Å²) in [6.45, 7) is 0. The van der Waals surface area contributed by atoms with Gasteiger partial charge in [0.2, 0.25) is 0 Å². The molecule has 2 aliphatic carbocycles. The lowest BCUT2D eigenvalue weighted by molar-refractivity contribution is 0.337. The summed E-state index contributed by atoms with van der Waals surface area (Å²) in [5.74, 6) is 1.60. The number of hydrogen-bond donors (Lipinski definition) is 1. The fraction of sp³-hybridized carbons (Fsp3) is 0.846. The monoisotopic (exact) mass is 234 g/mol. The third kappa shape index (κ3) is 2.10. The summed E-state index contributed by atoms with van der Waals surface area (Å²) >= 11 is 0. The normalized spacial score (nSPS) is 30.9. The van der Waals surface area contributed by atoms with Gasteiger partial charge in [-0.15, -0.1) is 10.2 Å². The van der Waals surface area contributed by atoms with Crippen molar-refractivity contribution < 1.29 is 0 Å². The molecule has 2 fully saturated rings. The fourth-order valence-corrected chi connectivity index (χ4v) is 3.47. The van der Waals surface area contributed by atoms with Gasteiger partial charge in [0.15, 0.2) is 0 Å². The van der Waals surface area contributed by atoms with E-state index in [1.54, 1.807) is 0 Å². The average molecular weight is 234 g/mol. The van der Waals surface area contributed by atoms with E-state index in [1.165, 1.54) is 44.9 Å². The molecule has 0 radical (unpaired) electrons. The molecule has 0 bridgehead atoms. The average Bonchev–Trinajstić information content (AvgIpc) is 2.98. The number of aromatic nitrogens is 3. The van der Waals surface area contributed by atoms with Crippen LogP contribution in [0.2, 0.25) is 0 Å². The van der Waals surface area contributed by atoms with E-state index in [0.717, 1.165) is 12.2 Å². The molecular weight excluding hydrogens is 212 g/mol. The minimum atomic E-state index is 0.293. The van der Waals surface area contributed by atoms with E-state index in [9.17, 15) is 0 Å². The minimum Gasteiger partial charge on any atom is -0.327 e. The van der Waals surface area contributed by atoms with E-state index in [4.69, 9.17) is 5.73 Å². The van der Waals surface area contributed by atoms with Gasteiger partial charge < -0.3 is 10.3 Å². The summed E-state index contributed by atoms with van der Waals surface area (Å²) in [6.07, 6.45) is 12.1. The standard InChI is InChI=1S/C13H22N4/c14-12-8-4-7-11(12)13-16-15-9-17(13)10-5-2-1-3-6-10/h9-12H,1-8,14H2. The van der Waals surface area contributed by atoms with Gasteiger partial charge in [-0.25, -0.2) is 0 Å². The predicted molar refractivity (Wildman–Crippen MR) is 66.7 cm³/mol. The van der Waals surface area contributed by atoms with Crippen LogP contribution in [0.5, 0.6) is 0 Å². The van der Waals surface area contributed by atoms with Crippen LogP contribution in [-0.4, -0.2) is 20.8 Å². The predicted octanol–water partition coefficient (Wildman–Crippen LogP) is 2.38. The molecule has 0 aliphatic heterocycles. The first-order chi connectivity index (χ1) is 8.36. The van der Waals surface area contributed by atoms with Gasteiger partial charge in [0, 0.05) is 18.0 Å². The Bertz CT molecular complexity index is 367.